The van der Waals surface area contributed by atoms with E-state index in [9.17, 15) is 4.79 Å². The van der Waals surface area contributed by atoms with E-state index in [1.165, 1.54) is 10.1 Å². The van der Waals surface area contributed by atoms with E-state index in [4.69, 9.17) is 4.74 Å². The summed E-state index contributed by atoms with van der Waals surface area (Å²) in [6, 6.07) is 2.03. The molecule has 0 amide bonds. The zero-order chi connectivity index (χ0) is 11.5. The molecule has 0 aliphatic heterocycles. The molecule has 0 radical (unpaired) electrons. The Morgan fingerprint density at radius 2 is 2.38 bits per heavy atom. The molecule has 0 saturated heterocycles. The molecule has 0 aliphatic carbocycles. The highest BCUT2D eigenvalue weighted by atomic mass is 32.1. The van der Waals surface area contributed by atoms with Crippen molar-refractivity contribution < 1.29 is 4.74 Å². The Hall–Kier alpha value is -1.62. The van der Waals surface area contributed by atoms with Gasteiger partial charge in [0.2, 0.25) is 0 Å². The van der Waals surface area contributed by atoms with Gasteiger partial charge in [0.15, 0.2) is 0 Å². The average Bonchev–Trinajstić information content (AvgIpc) is 2.67. The van der Waals surface area contributed by atoms with Crippen LogP contribution in [0.4, 0.5) is 0 Å². The normalized spacial score (nSPS) is 10.4. The number of nitrogens with zero attached hydrogens (tertiary/aromatic N) is 2. The molecule has 0 bridgehead atoms. The molecule has 2 aromatic rings. The largest absolute Gasteiger partial charge is 0.468 e. The summed E-state index contributed by atoms with van der Waals surface area (Å²) in [6.45, 7) is 2.42. The van der Waals surface area contributed by atoms with E-state index >= 15 is 0 Å². The summed E-state index contributed by atoms with van der Waals surface area (Å²) in [7, 11) is 1.67. The van der Waals surface area contributed by atoms with Gasteiger partial charge in [0.25, 0.3) is 5.88 Å². The lowest BCUT2D eigenvalue weighted by Crippen LogP contribution is -2.19. The van der Waals surface area contributed by atoms with Crippen molar-refractivity contribution in [2.45, 2.75) is 13.5 Å². The summed E-state index contributed by atoms with van der Waals surface area (Å²) in [5.41, 5.74) is 0.967. The van der Waals surface area contributed by atoms with E-state index in [1.54, 1.807) is 30.8 Å². The van der Waals surface area contributed by atoms with Gasteiger partial charge in [-0.15, -0.1) is 11.3 Å². The van der Waals surface area contributed by atoms with Gasteiger partial charge in [0.05, 0.1) is 0 Å². The van der Waals surface area contributed by atoms with Gasteiger partial charge in [0.1, 0.15) is 6.61 Å². The molecule has 2 rings (SSSR count). The number of thiophene rings is 1. The fraction of sp³-hybridized carbons (Fsp3) is 0.273. The number of ether oxygens (including phenoxy) is 1. The van der Waals surface area contributed by atoms with Crippen LogP contribution in [0.3, 0.4) is 0 Å². The smallest absolute Gasteiger partial charge is 0.313 e. The Bertz CT molecular complexity index is 545. The Morgan fingerprint density at radius 3 is 3.06 bits per heavy atom. The fourth-order valence-electron chi connectivity index (χ4n) is 1.26. The van der Waals surface area contributed by atoms with E-state index in [2.05, 4.69) is 4.98 Å². The Kier molecular flexibility index (Phi) is 3.05. The number of hydrogen-bond donors (Lipinski definition) is 0. The third-order valence-corrected chi connectivity index (χ3v) is 3.29. The van der Waals surface area contributed by atoms with Gasteiger partial charge in [0, 0.05) is 24.3 Å². The minimum Gasteiger partial charge on any atom is -0.468 e. The van der Waals surface area contributed by atoms with Crippen LogP contribution in [0, 0.1) is 6.92 Å². The van der Waals surface area contributed by atoms with E-state index in [0.29, 0.717) is 6.61 Å². The third-order valence-electron chi connectivity index (χ3n) is 2.29. The first-order valence-corrected chi connectivity index (χ1v) is 5.74. The monoisotopic (exact) mass is 236 g/mol. The average molecular weight is 236 g/mol. The molecule has 84 valence electrons. The lowest BCUT2D eigenvalue weighted by molar-refractivity contribution is 0.289. The molecule has 0 saturated carbocycles. The van der Waals surface area contributed by atoms with Crippen LogP contribution >= 0.6 is 11.3 Å². The summed E-state index contributed by atoms with van der Waals surface area (Å²) in [4.78, 5) is 16.6. The molecule has 0 spiro atoms. The van der Waals surface area contributed by atoms with Crippen molar-refractivity contribution in [1.82, 2.24) is 9.55 Å². The van der Waals surface area contributed by atoms with Crippen molar-refractivity contribution in [2.75, 3.05) is 0 Å². The van der Waals surface area contributed by atoms with Crippen LogP contribution in [0.5, 0.6) is 5.88 Å². The van der Waals surface area contributed by atoms with Crippen molar-refractivity contribution >= 4 is 11.3 Å². The van der Waals surface area contributed by atoms with Crippen LogP contribution < -0.4 is 10.3 Å². The van der Waals surface area contributed by atoms with E-state index < -0.39 is 0 Å². The van der Waals surface area contributed by atoms with E-state index in [-0.39, 0.29) is 11.4 Å². The van der Waals surface area contributed by atoms with Gasteiger partial charge < -0.3 is 9.30 Å². The molecule has 16 heavy (non-hydrogen) atoms. The predicted octanol–water partition coefficient (Wildman–Crippen LogP) is 1.73. The van der Waals surface area contributed by atoms with Gasteiger partial charge in [-0.05, 0) is 23.9 Å². The van der Waals surface area contributed by atoms with E-state index in [1.807, 2.05) is 18.4 Å². The second kappa shape index (κ2) is 4.49. The summed E-state index contributed by atoms with van der Waals surface area (Å²) in [5, 5.41) is 2.00. The quantitative estimate of drug-likeness (QED) is 0.815. The van der Waals surface area contributed by atoms with Crippen LogP contribution in [0.2, 0.25) is 0 Å². The van der Waals surface area contributed by atoms with Gasteiger partial charge in [-0.3, -0.25) is 4.79 Å². The molecule has 2 heterocycles. The van der Waals surface area contributed by atoms with E-state index in [0.717, 1.165) is 4.88 Å². The molecule has 4 nitrogen and oxygen atoms in total. The maximum atomic E-state index is 11.6. The van der Waals surface area contributed by atoms with Crippen LogP contribution in [-0.2, 0) is 13.7 Å². The first-order valence-electron chi connectivity index (χ1n) is 4.86. The van der Waals surface area contributed by atoms with Gasteiger partial charge in [-0.25, -0.2) is 4.98 Å². The highest BCUT2D eigenvalue weighted by molar-refractivity contribution is 7.10. The van der Waals surface area contributed by atoms with Gasteiger partial charge >= 0.3 is 5.56 Å². The first kappa shape index (κ1) is 10.9. The molecule has 5 heteroatoms. The second-order valence-electron chi connectivity index (χ2n) is 3.46. The summed E-state index contributed by atoms with van der Waals surface area (Å²) >= 11 is 1.62. The molecule has 0 fully saturated rings. The molecule has 2 aromatic heterocycles. The second-order valence-corrected chi connectivity index (χ2v) is 4.46. The summed E-state index contributed by atoms with van der Waals surface area (Å²) < 4.78 is 6.86. The highest BCUT2D eigenvalue weighted by Gasteiger charge is 2.06. The minimum atomic E-state index is -0.211. The lowest BCUT2D eigenvalue weighted by atomic mass is 10.3. The van der Waals surface area contributed by atoms with Crippen molar-refractivity contribution in [3.63, 3.8) is 0 Å². The lowest BCUT2D eigenvalue weighted by Gasteiger charge is -2.04. The van der Waals surface area contributed by atoms with Gasteiger partial charge in [-0.1, -0.05) is 0 Å². The molecule has 0 N–H and O–H groups in total. The van der Waals surface area contributed by atoms with Crippen LogP contribution in [0.1, 0.15) is 10.4 Å². The zero-order valence-electron chi connectivity index (χ0n) is 9.14. The number of hydrogen-bond acceptors (Lipinski definition) is 4. The minimum absolute atomic E-state index is 0.151. The predicted molar refractivity (Wildman–Crippen MR) is 62.9 cm³/mol. The maximum absolute atomic E-state index is 11.6. The Morgan fingerprint density at radius 1 is 1.56 bits per heavy atom. The topological polar surface area (TPSA) is 44.1 Å². The zero-order valence-corrected chi connectivity index (χ0v) is 9.95. The first-order chi connectivity index (χ1) is 7.68. The SMILES string of the molecule is Cc1ccsc1COc1nccn(C)c1=O. The maximum Gasteiger partial charge on any atom is 0.313 e. The molecule has 0 unspecified atom stereocenters. The number of aromatic nitrogens is 2. The van der Waals surface area contributed by atoms with Crippen LogP contribution in [0.25, 0.3) is 0 Å². The number of aryl methyl sites for hydroxylation is 2. The summed E-state index contributed by atoms with van der Waals surface area (Å²) in [6.07, 6.45) is 3.16. The number of rotatable bonds is 3. The third kappa shape index (κ3) is 2.14. The molecular formula is C11H12N2O2S. The standard InChI is InChI=1S/C11H12N2O2S/c1-8-3-6-16-9(8)7-15-10-11(14)13(2)5-4-12-10/h3-6H,7H2,1-2H3. The van der Waals surface area contributed by atoms with Crippen LogP contribution in [-0.4, -0.2) is 9.55 Å². The van der Waals surface area contributed by atoms with Crippen molar-refractivity contribution in [1.29, 1.82) is 0 Å². The molecular weight excluding hydrogens is 224 g/mol. The Labute approximate surface area is 97.1 Å². The fourth-order valence-corrected chi connectivity index (χ4v) is 2.08. The Balaban J connectivity index is 2.14. The van der Waals surface area contributed by atoms with Crippen molar-refractivity contribution in [3.05, 3.63) is 44.6 Å². The van der Waals surface area contributed by atoms with Crippen LogP contribution in [0.15, 0.2) is 28.6 Å². The highest BCUT2D eigenvalue weighted by Crippen LogP contribution is 2.16. The van der Waals surface area contributed by atoms with Crippen molar-refractivity contribution in [3.8, 4) is 5.88 Å². The van der Waals surface area contributed by atoms with Crippen molar-refractivity contribution in [2.24, 2.45) is 7.05 Å². The molecule has 0 aromatic carbocycles. The summed E-state index contributed by atoms with van der Waals surface area (Å²) in [5.74, 6) is 0.151. The van der Waals surface area contributed by atoms with Gasteiger partial charge in [-0.2, -0.15) is 0 Å². The molecule has 0 aliphatic rings. The molecule has 0 atom stereocenters.